The molecule has 2 heteroatoms. The molecule has 2 N–H and O–H groups in total. The molecule has 0 unspecified atom stereocenters. The van der Waals surface area contributed by atoms with Gasteiger partial charge in [-0.1, -0.05) is 39.3 Å². The first-order valence-electron chi connectivity index (χ1n) is 12.4. The lowest BCUT2D eigenvalue weighted by Crippen LogP contribution is -2.47. The Kier molecular flexibility index (Phi) is 6.02. The van der Waals surface area contributed by atoms with Crippen molar-refractivity contribution >= 4 is 0 Å². The van der Waals surface area contributed by atoms with Gasteiger partial charge < -0.3 is 10.2 Å². The van der Waals surface area contributed by atoms with E-state index in [4.69, 9.17) is 0 Å². The highest BCUT2D eigenvalue weighted by atomic mass is 16.3. The van der Waals surface area contributed by atoms with E-state index < -0.39 is 0 Å². The second kappa shape index (κ2) is 8.06. The number of aliphatic hydroxyl groups is 2. The van der Waals surface area contributed by atoms with Gasteiger partial charge in [0.25, 0.3) is 0 Å². The summed E-state index contributed by atoms with van der Waals surface area (Å²) in [5, 5.41) is 21.0. The van der Waals surface area contributed by atoms with Crippen molar-refractivity contribution in [3.63, 3.8) is 0 Å². The number of rotatable bonds is 5. The molecule has 0 spiro atoms. The molecule has 9 atom stereocenters. The van der Waals surface area contributed by atoms with Crippen LogP contribution >= 0.6 is 0 Å². The highest BCUT2D eigenvalue weighted by Gasteiger charge is 2.57. The van der Waals surface area contributed by atoms with E-state index in [0.29, 0.717) is 23.2 Å². The lowest BCUT2D eigenvalue weighted by molar-refractivity contribution is -0.0473. The molecule has 4 aliphatic rings. The molecule has 3 saturated carbocycles. The zero-order chi connectivity index (χ0) is 20.1. The van der Waals surface area contributed by atoms with Gasteiger partial charge in [0, 0.05) is 0 Å². The molecule has 0 aromatic carbocycles. The van der Waals surface area contributed by atoms with E-state index in [0.717, 1.165) is 49.4 Å². The lowest BCUT2D eigenvalue weighted by atomic mass is 9.51. The van der Waals surface area contributed by atoms with Crippen molar-refractivity contribution in [3.05, 3.63) is 11.6 Å². The smallest absolute Gasteiger partial charge is 0.0577 e. The third-order valence-electron chi connectivity index (χ3n) is 9.77. The minimum Gasteiger partial charge on any atom is -0.393 e. The van der Waals surface area contributed by atoms with Gasteiger partial charge in [-0.2, -0.15) is 0 Å². The van der Waals surface area contributed by atoms with Crippen LogP contribution in [0.25, 0.3) is 0 Å². The Morgan fingerprint density at radius 1 is 1.04 bits per heavy atom. The van der Waals surface area contributed by atoms with Crippen molar-refractivity contribution in [2.45, 2.75) is 104 Å². The largest absolute Gasteiger partial charge is 0.393 e. The minimum absolute atomic E-state index is 0.0862. The van der Waals surface area contributed by atoms with Crippen LogP contribution < -0.4 is 0 Å². The van der Waals surface area contributed by atoms with Crippen molar-refractivity contribution in [1.82, 2.24) is 0 Å². The van der Waals surface area contributed by atoms with Crippen molar-refractivity contribution in [1.29, 1.82) is 0 Å². The summed E-state index contributed by atoms with van der Waals surface area (Å²) < 4.78 is 0. The summed E-state index contributed by atoms with van der Waals surface area (Å²) in [7, 11) is 0. The Morgan fingerprint density at radius 2 is 1.82 bits per heavy atom. The van der Waals surface area contributed by atoms with E-state index in [1.165, 1.54) is 38.5 Å². The summed E-state index contributed by atoms with van der Waals surface area (Å²) in [5.41, 5.74) is 2.02. The number of aliphatic hydroxyl groups excluding tert-OH is 2. The number of hydrogen-bond acceptors (Lipinski definition) is 2. The van der Waals surface area contributed by atoms with Crippen molar-refractivity contribution in [3.8, 4) is 0 Å². The van der Waals surface area contributed by atoms with E-state index in [1.807, 2.05) is 0 Å². The highest BCUT2D eigenvalue weighted by molar-refractivity contribution is 5.20. The van der Waals surface area contributed by atoms with Crippen LogP contribution in [-0.2, 0) is 0 Å². The maximum absolute atomic E-state index is 10.9. The van der Waals surface area contributed by atoms with Gasteiger partial charge in [0.15, 0.2) is 0 Å². The van der Waals surface area contributed by atoms with Crippen LogP contribution in [0, 0.1) is 46.8 Å². The number of fused-ring (bicyclic) bond motifs is 5. The molecule has 0 bridgehead atoms. The third-order valence-corrected chi connectivity index (χ3v) is 9.77. The Balaban J connectivity index is 1.48. The van der Waals surface area contributed by atoms with Crippen LogP contribution in [0.5, 0.6) is 0 Å². The monoisotopic (exact) mass is 388 g/mol. The highest BCUT2D eigenvalue weighted by Crippen LogP contribution is 2.64. The predicted octanol–water partition coefficient (Wildman–Crippen LogP) is 5.97. The molecule has 3 fully saturated rings. The van der Waals surface area contributed by atoms with E-state index in [9.17, 15) is 10.2 Å². The maximum Gasteiger partial charge on any atom is 0.0577 e. The molecule has 28 heavy (non-hydrogen) atoms. The summed E-state index contributed by atoms with van der Waals surface area (Å²) in [6, 6.07) is 0. The normalized spacial score (nSPS) is 45.0. The molecule has 160 valence electrons. The summed E-state index contributed by atoms with van der Waals surface area (Å²) in [6.07, 6.45) is 14.3. The zero-order valence-corrected chi connectivity index (χ0v) is 18.7. The van der Waals surface area contributed by atoms with E-state index >= 15 is 0 Å². The van der Waals surface area contributed by atoms with Gasteiger partial charge in [-0.05, 0) is 111 Å². The SMILES string of the molecule is CC(C)CC[C@@H](O)[C@@H](C)[C@H]1CC[C@H]2[C@@H]3CC=C4C[C@@H](O)CC[C@@H]4[C@H]3CC[C@]12C. The summed E-state index contributed by atoms with van der Waals surface area (Å²) in [5.74, 6) is 5.14. The molecule has 0 aromatic rings. The molecule has 4 aliphatic carbocycles. The second-order valence-electron chi connectivity index (χ2n) is 11.6. The summed E-state index contributed by atoms with van der Waals surface area (Å²) in [6.45, 7) is 9.46. The topological polar surface area (TPSA) is 40.5 Å². The molecular weight excluding hydrogens is 344 g/mol. The fourth-order valence-electron chi connectivity index (χ4n) is 8.19. The van der Waals surface area contributed by atoms with Gasteiger partial charge in [0.1, 0.15) is 0 Å². The minimum atomic E-state index is -0.126. The van der Waals surface area contributed by atoms with Gasteiger partial charge in [0.2, 0.25) is 0 Å². The van der Waals surface area contributed by atoms with Crippen LogP contribution in [0.15, 0.2) is 11.6 Å². The molecule has 4 rings (SSSR count). The van der Waals surface area contributed by atoms with Crippen molar-refractivity contribution in [2.75, 3.05) is 0 Å². The van der Waals surface area contributed by atoms with Crippen LogP contribution in [0.2, 0.25) is 0 Å². The summed E-state index contributed by atoms with van der Waals surface area (Å²) >= 11 is 0. The Labute approximate surface area is 173 Å². The number of hydrogen-bond donors (Lipinski definition) is 2. The molecule has 0 aliphatic heterocycles. The van der Waals surface area contributed by atoms with Gasteiger partial charge >= 0.3 is 0 Å². The third kappa shape index (κ3) is 3.62. The fraction of sp³-hybridized carbons (Fsp3) is 0.923. The van der Waals surface area contributed by atoms with Crippen LogP contribution in [-0.4, -0.2) is 22.4 Å². The van der Waals surface area contributed by atoms with Crippen LogP contribution in [0.3, 0.4) is 0 Å². The van der Waals surface area contributed by atoms with Crippen molar-refractivity contribution in [2.24, 2.45) is 46.8 Å². The first kappa shape index (κ1) is 20.9. The number of allylic oxidation sites excluding steroid dienone is 1. The van der Waals surface area contributed by atoms with Gasteiger partial charge in [-0.15, -0.1) is 0 Å². The molecule has 0 saturated heterocycles. The molecule has 0 amide bonds. The van der Waals surface area contributed by atoms with Crippen LogP contribution in [0.4, 0.5) is 0 Å². The Morgan fingerprint density at radius 3 is 2.57 bits per heavy atom. The fourth-order valence-corrected chi connectivity index (χ4v) is 8.19. The molecule has 0 heterocycles. The van der Waals surface area contributed by atoms with Gasteiger partial charge in [-0.25, -0.2) is 0 Å². The van der Waals surface area contributed by atoms with Crippen LogP contribution in [0.1, 0.15) is 91.9 Å². The molecule has 0 radical (unpaired) electrons. The van der Waals surface area contributed by atoms with Gasteiger partial charge in [-0.3, -0.25) is 0 Å². The lowest BCUT2D eigenvalue weighted by Gasteiger charge is -2.54. The maximum atomic E-state index is 10.9. The van der Waals surface area contributed by atoms with E-state index in [1.54, 1.807) is 5.57 Å². The average Bonchev–Trinajstić information content (AvgIpc) is 3.02. The second-order valence-corrected chi connectivity index (χ2v) is 11.6. The predicted molar refractivity (Wildman–Crippen MR) is 116 cm³/mol. The molecule has 2 nitrogen and oxygen atoms in total. The first-order chi connectivity index (χ1) is 13.3. The Bertz CT molecular complexity index is 581. The van der Waals surface area contributed by atoms with Crippen molar-refractivity contribution < 1.29 is 10.2 Å². The first-order valence-corrected chi connectivity index (χ1v) is 12.4. The molecule has 0 aromatic heterocycles. The van der Waals surface area contributed by atoms with Gasteiger partial charge in [0.05, 0.1) is 12.2 Å². The quantitative estimate of drug-likeness (QED) is 0.570. The zero-order valence-electron chi connectivity index (χ0n) is 18.7. The Hall–Kier alpha value is -0.340. The van der Waals surface area contributed by atoms with E-state index in [-0.39, 0.29) is 12.2 Å². The molecular formula is C26H44O2. The summed E-state index contributed by atoms with van der Waals surface area (Å²) in [4.78, 5) is 0. The standard InChI is InChI=1S/C26H44O2/c1-16(2)5-12-25(28)17(3)23-10-11-24-22-8-6-18-15-19(27)7-9-20(18)21(22)13-14-26(23,24)4/h6,16-17,19-25,27-28H,5,7-15H2,1-4H3/t17-,19-,20-,21+,22+,23+,24-,25+,26+/m0/s1. The average molecular weight is 389 g/mol. The van der Waals surface area contributed by atoms with E-state index in [2.05, 4.69) is 33.8 Å².